The zero-order valence-corrected chi connectivity index (χ0v) is 16.6. The van der Waals surface area contributed by atoms with Crippen molar-refractivity contribution in [2.75, 3.05) is 18.4 Å². The quantitative estimate of drug-likeness (QED) is 0.483. The van der Waals surface area contributed by atoms with Crippen molar-refractivity contribution < 1.29 is 9.21 Å². The molecule has 8 heteroatoms. The van der Waals surface area contributed by atoms with Crippen molar-refractivity contribution in [3.63, 3.8) is 0 Å². The fourth-order valence-corrected chi connectivity index (χ4v) is 4.12. The van der Waals surface area contributed by atoms with Crippen LogP contribution in [0.15, 0.2) is 51.7 Å². The van der Waals surface area contributed by atoms with Gasteiger partial charge in [0.25, 0.3) is 0 Å². The summed E-state index contributed by atoms with van der Waals surface area (Å²) in [7, 11) is 0. The van der Waals surface area contributed by atoms with Crippen LogP contribution in [-0.2, 0) is 4.79 Å². The smallest absolute Gasteiger partial charge is 0.323 e. The molecule has 0 aliphatic carbocycles. The number of hydrogen-bond acceptors (Lipinski definition) is 5. The number of benzene rings is 2. The van der Waals surface area contributed by atoms with Crippen molar-refractivity contribution >= 4 is 33.7 Å². The van der Waals surface area contributed by atoms with Gasteiger partial charge in [0.15, 0.2) is 11.5 Å². The van der Waals surface area contributed by atoms with Crippen LogP contribution in [0.5, 0.6) is 0 Å². The minimum Gasteiger partial charge on any atom is -0.440 e. The van der Waals surface area contributed by atoms with Gasteiger partial charge in [-0.1, -0.05) is 12.1 Å². The van der Waals surface area contributed by atoms with Crippen LogP contribution >= 0.6 is 0 Å². The summed E-state index contributed by atoms with van der Waals surface area (Å²) in [6.07, 6.45) is 1.81. The normalized spacial score (nSPS) is 16.8. The molecule has 3 N–H and O–H groups in total. The largest absolute Gasteiger partial charge is 0.440 e. The van der Waals surface area contributed by atoms with E-state index in [1.807, 2.05) is 31.2 Å². The molecule has 3 heterocycles. The Labute approximate surface area is 172 Å². The molecule has 30 heavy (non-hydrogen) atoms. The van der Waals surface area contributed by atoms with E-state index in [1.165, 1.54) is 0 Å². The summed E-state index contributed by atoms with van der Waals surface area (Å²) in [6.45, 7) is 3.54. The van der Waals surface area contributed by atoms with Gasteiger partial charge in [-0.15, -0.1) is 0 Å². The molecule has 0 saturated carbocycles. The van der Waals surface area contributed by atoms with E-state index in [4.69, 9.17) is 4.42 Å². The molecule has 2 aromatic carbocycles. The molecule has 5 rings (SSSR count). The summed E-state index contributed by atoms with van der Waals surface area (Å²) in [4.78, 5) is 36.4. The van der Waals surface area contributed by atoms with Gasteiger partial charge in [0.2, 0.25) is 5.91 Å². The number of H-pyrrole nitrogens is 2. The van der Waals surface area contributed by atoms with Crippen LogP contribution in [0.1, 0.15) is 31.6 Å². The Bertz CT molecular complexity index is 1230. The highest BCUT2D eigenvalue weighted by atomic mass is 16.3. The minimum atomic E-state index is -0.261. The number of carbonyl (C=O) groups excluding carboxylic acids is 1. The number of nitrogens with one attached hydrogen (secondary N) is 3. The molecule has 4 aromatic rings. The first-order valence-electron chi connectivity index (χ1n) is 10.2. The zero-order chi connectivity index (χ0) is 20.7. The van der Waals surface area contributed by atoms with Gasteiger partial charge < -0.3 is 19.7 Å². The van der Waals surface area contributed by atoms with E-state index >= 15 is 0 Å². The first-order chi connectivity index (χ1) is 14.6. The number of imidazole rings is 1. The van der Waals surface area contributed by atoms with Gasteiger partial charge in [0, 0.05) is 11.6 Å². The molecule has 2 aromatic heterocycles. The number of aromatic nitrogens is 3. The Balaban J connectivity index is 1.21. The molecule has 154 valence electrons. The van der Waals surface area contributed by atoms with Crippen LogP contribution in [0.25, 0.3) is 22.1 Å². The summed E-state index contributed by atoms with van der Waals surface area (Å²) < 4.78 is 5.93. The van der Waals surface area contributed by atoms with Crippen molar-refractivity contribution in [3.8, 4) is 0 Å². The third-order valence-corrected chi connectivity index (χ3v) is 5.90. The van der Waals surface area contributed by atoms with Crippen molar-refractivity contribution in [3.05, 3.63) is 58.8 Å². The monoisotopic (exact) mass is 405 g/mol. The van der Waals surface area contributed by atoms with Crippen molar-refractivity contribution in [2.24, 2.45) is 0 Å². The van der Waals surface area contributed by atoms with E-state index in [1.54, 1.807) is 18.2 Å². The lowest BCUT2D eigenvalue weighted by Crippen LogP contribution is -2.45. The topological polar surface area (TPSA) is 107 Å². The first kappa shape index (κ1) is 18.6. The number of amides is 1. The molecule has 0 spiro atoms. The Morgan fingerprint density at radius 3 is 2.73 bits per heavy atom. The number of aromatic amines is 2. The number of oxazole rings is 1. The number of fused-ring (bicyclic) bond motifs is 2. The average molecular weight is 405 g/mol. The number of para-hydroxylation sites is 2. The van der Waals surface area contributed by atoms with Crippen LogP contribution < -0.4 is 11.0 Å². The van der Waals surface area contributed by atoms with E-state index in [0.717, 1.165) is 42.9 Å². The predicted octanol–water partition coefficient (Wildman–Crippen LogP) is 3.20. The molecule has 1 amide bonds. The number of nitrogens with zero attached hydrogens (tertiary/aromatic N) is 2. The maximum Gasteiger partial charge on any atom is 0.323 e. The highest BCUT2D eigenvalue weighted by molar-refractivity contribution is 5.96. The third kappa shape index (κ3) is 3.50. The standard InChI is InChI=1S/C22H23N5O3/c1-13(20(28)23-15-6-7-16-18(12-15)26-22(29)25-16)27-10-8-14(9-11-27)21-24-17-4-2-3-5-19(17)30-21/h2-7,12-14H,8-11H2,1H3,(H,23,28)(H2,25,26,29)/t13-/m0/s1. The van der Waals surface area contributed by atoms with Gasteiger partial charge in [0.05, 0.1) is 17.1 Å². The van der Waals surface area contributed by atoms with Crippen molar-refractivity contribution in [2.45, 2.75) is 31.7 Å². The lowest BCUT2D eigenvalue weighted by Gasteiger charge is -2.34. The van der Waals surface area contributed by atoms with Gasteiger partial charge >= 0.3 is 5.69 Å². The fourth-order valence-electron chi connectivity index (χ4n) is 4.12. The summed E-state index contributed by atoms with van der Waals surface area (Å²) in [6, 6.07) is 12.9. The second-order valence-electron chi connectivity index (χ2n) is 7.83. The third-order valence-electron chi connectivity index (χ3n) is 5.90. The van der Waals surface area contributed by atoms with Crippen LogP contribution in [0.4, 0.5) is 5.69 Å². The van der Waals surface area contributed by atoms with Gasteiger partial charge in [-0.25, -0.2) is 9.78 Å². The number of carbonyl (C=O) groups is 1. The van der Waals surface area contributed by atoms with E-state index in [2.05, 4.69) is 25.2 Å². The van der Waals surface area contributed by atoms with Crippen molar-refractivity contribution in [1.29, 1.82) is 0 Å². The molecule has 0 radical (unpaired) electrons. The molecule has 1 atom stereocenters. The first-order valence-corrected chi connectivity index (χ1v) is 10.2. The maximum atomic E-state index is 12.8. The van der Waals surface area contributed by atoms with E-state index in [9.17, 15) is 9.59 Å². The summed E-state index contributed by atoms with van der Waals surface area (Å²) in [5, 5.41) is 2.95. The Morgan fingerprint density at radius 2 is 1.93 bits per heavy atom. The number of hydrogen-bond donors (Lipinski definition) is 3. The second-order valence-corrected chi connectivity index (χ2v) is 7.83. The molecule has 1 fully saturated rings. The minimum absolute atomic E-state index is 0.0625. The molecule has 1 aliphatic rings. The Morgan fingerprint density at radius 1 is 1.17 bits per heavy atom. The van der Waals surface area contributed by atoms with Crippen LogP contribution in [0.2, 0.25) is 0 Å². The summed E-state index contributed by atoms with van der Waals surface area (Å²) in [5.41, 5.74) is 3.50. The highest BCUT2D eigenvalue weighted by Crippen LogP contribution is 2.30. The summed E-state index contributed by atoms with van der Waals surface area (Å²) in [5.74, 6) is 1.01. The van der Waals surface area contributed by atoms with Crippen LogP contribution in [-0.4, -0.2) is 44.9 Å². The number of anilines is 1. The average Bonchev–Trinajstić information content (AvgIpc) is 3.35. The number of piperidine rings is 1. The SMILES string of the molecule is C[C@@H](C(=O)Nc1ccc2[nH]c(=O)[nH]c2c1)N1CCC(c2nc3ccccc3o2)CC1. The lowest BCUT2D eigenvalue weighted by atomic mass is 9.95. The van der Waals surface area contributed by atoms with Crippen LogP contribution in [0.3, 0.4) is 0 Å². The summed E-state index contributed by atoms with van der Waals surface area (Å²) >= 11 is 0. The van der Waals surface area contributed by atoms with Crippen LogP contribution in [0, 0.1) is 0 Å². The van der Waals surface area contributed by atoms with Gasteiger partial charge in [0.1, 0.15) is 5.52 Å². The molecule has 1 saturated heterocycles. The maximum absolute atomic E-state index is 12.8. The van der Waals surface area contributed by atoms with Gasteiger partial charge in [-0.05, 0) is 63.2 Å². The number of likely N-dealkylation sites (tertiary alicyclic amines) is 1. The lowest BCUT2D eigenvalue weighted by molar-refractivity contribution is -0.121. The molecular weight excluding hydrogens is 382 g/mol. The molecule has 8 nitrogen and oxygen atoms in total. The predicted molar refractivity (Wildman–Crippen MR) is 115 cm³/mol. The van der Waals surface area contributed by atoms with E-state index in [-0.39, 0.29) is 23.6 Å². The zero-order valence-electron chi connectivity index (χ0n) is 16.6. The van der Waals surface area contributed by atoms with E-state index < -0.39 is 0 Å². The number of rotatable bonds is 4. The van der Waals surface area contributed by atoms with E-state index in [0.29, 0.717) is 16.7 Å². The Hall–Kier alpha value is -3.39. The highest BCUT2D eigenvalue weighted by Gasteiger charge is 2.29. The molecule has 0 bridgehead atoms. The van der Waals surface area contributed by atoms with Gasteiger partial charge in [-0.3, -0.25) is 9.69 Å². The van der Waals surface area contributed by atoms with Gasteiger partial charge in [-0.2, -0.15) is 0 Å². The molecule has 1 aliphatic heterocycles. The second kappa shape index (κ2) is 7.46. The molecule has 0 unspecified atom stereocenters. The van der Waals surface area contributed by atoms with Crippen molar-refractivity contribution in [1.82, 2.24) is 19.9 Å². The fraction of sp³-hybridized carbons (Fsp3) is 0.318. The Kier molecular flexibility index (Phi) is 4.63. The molecular formula is C22H23N5O3.